The monoisotopic (exact) mass is 373 g/mol. The highest BCUT2D eigenvalue weighted by Crippen LogP contribution is 2.12. The van der Waals surface area contributed by atoms with Gasteiger partial charge in [0, 0.05) is 38.3 Å². The number of rotatable bonds is 6. The van der Waals surface area contributed by atoms with Gasteiger partial charge in [0.1, 0.15) is 5.71 Å². The van der Waals surface area contributed by atoms with Gasteiger partial charge in [-0.2, -0.15) is 0 Å². The number of oxime groups is 1. The molecule has 0 bridgehead atoms. The number of likely N-dealkylation sites (N-methyl/N-ethyl adjacent to an activating group) is 1. The fraction of sp³-hybridized carbons (Fsp3) is 0.381. The lowest BCUT2D eigenvalue weighted by Crippen LogP contribution is -2.46. The maximum Gasteiger partial charge on any atom is 0.101 e. The highest BCUT2D eigenvalue weighted by molar-refractivity contribution is 6.01. The molecule has 1 fully saturated rings. The second-order valence-electron chi connectivity index (χ2n) is 6.81. The molecule has 5 heteroatoms. The molecule has 1 aliphatic heterocycles. The molecule has 0 aromatic heterocycles. The van der Waals surface area contributed by atoms with Gasteiger partial charge in [-0.1, -0.05) is 53.7 Å². The Morgan fingerprint density at radius 1 is 0.923 bits per heavy atom. The van der Waals surface area contributed by atoms with Crippen molar-refractivity contribution in [2.45, 2.75) is 12.8 Å². The van der Waals surface area contributed by atoms with E-state index >= 15 is 0 Å². The molecule has 0 spiro atoms. The van der Waals surface area contributed by atoms with E-state index in [-0.39, 0.29) is 12.4 Å². The average molecular weight is 374 g/mol. The summed E-state index contributed by atoms with van der Waals surface area (Å²) in [6, 6.07) is 19.0. The van der Waals surface area contributed by atoms with E-state index in [4.69, 9.17) is 0 Å². The molecule has 2 aromatic rings. The Bertz CT molecular complexity index is 697. The van der Waals surface area contributed by atoms with E-state index in [2.05, 4.69) is 64.5 Å². The second kappa shape index (κ2) is 10.3. The molecule has 1 N–H and O–H groups in total. The van der Waals surface area contributed by atoms with Crippen molar-refractivity contribution in [3.05, 3.63) is 71.3 Å². The maximum absolute atomic E-state index is 9.51. The van der Waals surface area contributed by atoms with Crippen LogP contribution in [0.2, 0.25) is 0 Å². The summed E-state index contributed by atoms with van der Waals surface area (Å²) in [5, 5.41) is 13.1. The lowest BCUT2D eigenvalue weighted by Gasteiger charge is -2.32. The first kappa shape index (κ1) is 20.4. The second-order valence-corrected chi connectivity index (χ2v) is 6.81. The first-order chi connectivity index (χ1) is 12.2. The van der Waals surface area contributed by atoms with E-state index in [0.717, 1.165) is 50.3 Å². The van der Waals surface area contributed by atoms with Gasteiger partial charge in [0.2, 0.25) is 0 Å². The van der Waals surface area contributed by atoms with Gasteiger partial charge in [-0.25, -0.2) is 0 Å². The van der Waals surface area contributed by atoms with Crippen LogP contribution in [0.25, 0.3) is 0 Å². The Balaban J connectivity index is 0.00000243. The normalized spacial score (nSPS) is 16.3. The number of nitrogens with zero attached hydrogens (tertiary/aromatic N) is 3. The van der Waals surface area contributed by atoms with E-state index in [1.807, 2.05) is 12.1 Å². The Morgan fingerprint density at radius 2 is 1.58 bits per heavy atom. The molecule has 0 saturated carbocycles. The van der Waals surface area contributed by atoms with Gasteiger partial charge in [-0.3, -0.25) is 4.90 Å². The minimum Gasteiger partial charge on any atom is -0.411 e. The zero-order valence-corrected chi connectivity index (χ0v) is 16.2. The van der Waals surface area contributed by atoms with Crippen LogP contribution >= 0.6 is 12.4 Å². The maximum atomic E-state index is 9.51. The summed E-state index contributed by atoms with van der Waals surface area (Å²) < 4.78 is 0. The predicted octanol–water partition coefficient (Wildman–Crippen LogP) is 3.32. The molecule has 26 heavy (non-hydrogen) atoms. The molecular weight excluding hydrogens is 346 g/mol. The van der Waals surface area contributed by atoms with Crippen LogP contribution in [0.3, 0.4) is 0 Å². The Hall–Kier alpha value is -1.88. The molecule has 1 saturated heterocycles. The van der Waals surface area contributed by atoms with Crippen molar-refractivity contribution in [3.63, 3.8) is 0 Å². The minimum atomic E-state index is 0. The quantitative estimate of drug-likeness (QED) is 0.479. The SMILES string of the molecule is CN1CCN(C/C(=N\O)c2cccc(CCc3ccccc3)c2)CC1.Cl. The van der Waals surface area contributed by atoms with E-state index < -0.39 is 0 Å². The van der Waals surface area contributed by atoms with Gasteiger partial charge in [0.15, 0.2) is 0 Å². The third kappa shape index (κ3) is 5.84. The summed E-state index contributed by atoms with van der Waals surface area (Å²) in [5.41, 5.74) is 4.40. The van der Waals surface area contributed by atoms with Gasteiger partial charge in [-0.15, -0.1) is 12.4 Å². The highest BCUT2D eigenvalue weighted by Gasteiger charge is 2.17. The summed E-state index contributed by atoms with van der Waals surface area (Å²) in [6.07, 6.45) is 2.01. The first-order valence-corrected chi connectivity index (χ1v) is 8.99. The fourth-order valence-electron chi connectivity index (χ4n) is 3.24. The molecule has 0 unspecified atom stereocenters. The Morgan fingerprint density at radius 3 is 2.27 bits per heavy atom. The van der Waals surface area contributed by atoms with Gasteiger partial charge >= 0.3 is 0 Å². The smallest absolute Gasteiger partial charge is 0.101 e. The lowest BCUT2D eigenvalue weighted by molar-refractivity contribution is 0.169. The molecule has 3 rings (SSSR count). The molecule has 0 radical (unpaired) electrons. The molecule has 1 heterocycles. The summed E-state index contributed by atoms with van der Waals surface area (Å²) >= 11 is 0. The van der Waals surface area contributed by atoms with Crippen LogP contribution in [-0.4, -0.2) is 60.5 Å². The summed E-state index contributed by atoms with van der Waals surface area (Å²) in [4.78, 5) is 4.68. The standard InChI is InChI=1S/C21H27N3O.ClH/c1-23-12-14-24(15-13-23)17-21(22-25)20-9-5-8-19(16-20)11-10-18-6-3-2-4-7-18;/h2-9,16,25H,10-15,17H2,1H3;1H/b22-21+;. The minimum absolute atomic E-state index is 0. The average Bonchev–Trinajstić information content (AvgIpc) is 2.67. The molecule has 1 aliphatic rings. The molecule has 2 aromatic carbocycles. The number of hydrogen-bond acceptors (Lipinski definition) is 4. The summed E-state index contributed by atoms with van der Waals surface area (Å²) in [5.74, 6) is 0. The topological polar surface area (TPSA) is 39.1 Å². The number of piperazine rings is 1. The van der Waals surface area contributed by atoms with Crippen molar-refractivity contribution in [3.8, 4) is 0 Å². The van der Waals surface area contributed by atoms with Crippen LogP contribution in [0.1, 0.15) is 16.7 Å². The molecule has 140 valence electrons. The molecular formula is C21H28ClN3O. The van der Waals surface area contributed by atoms with Crippen LogP contribution < -0.4 is 0 Å². The Labute approximate surface area is 162 Å². The van der Waals surface area contributed by atoms with E-state index in [0.29, 0.717) is 6.54 Å². The van der Waals surface area contributed by atoms with Gasteiger partial charge in [0.05, 0.1) is 0 Å². The summed E-state index contributed by atoms with van der Waals surface area (Å²) in [7, 11) is 2.15. The van der Waals surface area contributed by atoms with Crippen molar-refractivity contribution >= 4 is 18.1 Å². The van der Waals surface area contributed by atoms with E-state index in [1.165, 1.54) is 11.1 Å². The third-order valence-corrected chi connectivity index (χ3v) is 4.90. The lowest BCUT2D eigenvalue weighted by atomic mass is 10.0. The van der Waals surface area contributed by atoms with Crippen LogP contribution in [0, 0.1) is 0 Å². The zero-order chi connectivity index (χ0) is 17.5. The molecule has 0 atom stereocenters. The highest BCUT2D eigenvalue weighted by atomic mass is 35.5. The van der Waals surface area contributed by atoms with Gasteiger partial charge in [0.25, 0.3) is 0 Å². The van der Waals surface area contributed by atoms with Crippen LogP contribution in [0.15, 0.2) is 59.8 Å². The number of aryl methyl sites for hydroxylation is 2. The van der Waals surface area contributed by atoms with Crippen LogP contribution in [0.4, 0.5) is 0 Å². The Kier molecular flexibility index (Phi) is 8.10. The van der Waals surface area contributed by atoms with Crippen molar-refractivity contribution in [2.24, 2.45) is 5.16 Å². The molecule has 0 amide bonds. The van der Waals surface area contributed by atoms with Crippen molar-refractivity contribution < 1.29 is 5.21 Å². The van der Waals surface area contributed by atoms with E-state index in [9.17, 15) is 5.21 Å². The zero-order valence-electron chi connectivity index (χ0n) is 15.3. The van der Waals surface area contributed by atoms with Crippen LogP contribution in [0.5, 0.6) is 0 Å². The molecule has 4 nitrogen and oxygen atoms in total. The van der Waals surface area contributed by atoms with Gasteiger partial charge < -0.3 is 10.1 Å². The number of benzene rings is 2. The van der Waals surface area contributed by atoms with Crippen LogP contribution in [-0.2, 0) is 12.8 Å². The number of hydrogen-bond donors (Lipinski definition) is 1. The van der Waals surface area contributed by atoms with Crippen molar-refractivity contribution in [1.82, 2.24) is 9.80 Å². The van der Waals surface area contributed by atoms with Crippen molar-refractivity contribution in [1.29, 1.82) is 0 Å². The largest absolute Gasteiger partial charge is 0.411 e. The first-order valence-electron chi connectivity index (χ1n) is 8.99. The number of halogens is 1. The third-order valence-electron chi connectivity index (χ3n) is 4.90. The summed E-state index contributed by atoms with van der Waals surface area (Å²) in [6.45, 7) is 4.87. The van der Waals surface area contributed by atoms with Crippen molar-refractivity contribution in [2.75, 3.05) is 39.8 Å². The fourth-order valence-corrected chi connectivity index (χ4v) is 3.24. The predicted molar refractivity (Wildman–Crippen MR) is 110 cm³/mol. The molecule has 0 aliphatic carbocycles. The van der Waals surface area contributed by atoms with E-state index in [1.54, 1.807) is 0 Å². The van der Waals surface area contributed by atoms with Gasteiger partial charge in [-0.05, 0) is 37.1 Å².